The number of hydrogen-bond donors (Lipinski definition) is 0. The molecule has 2 aromatic rings. The van der Waals surface area contributed by atoms with Gasteiger partial charge >= 0.3 is 12.2 Å². The van der Waals surface area contributed by atoms with Crippen LogP contribution in [0, 0.1) is 23.7 Å². The fraction of sp³-hybridized carbons (Fsp3) is 0.562. The normalized spacial score (nSPS) is 20.9. The Kier molecular flexibility index (Phi) is 8.99. The van der Waals surface area contributed by atoms with Gasteiger partial charge < -0.3 is 24.3 Å². The van der Waals surface area contributed by atoms with Crippen molar-refractivity contribution in [2.45, 2.75) is 64.3 Å². The molecule has 0 N–H and O–H groups in total. The van der Waals surface area contributed by atoms with E-state index in [0.29, 0.717) is 36.8 Å². The molecule has 3 aliphatic rings. The van der Waals surface area contributed by atoms with E-state index in [4.69, 9.17) is 14.7 Å². The molecule has 3 heterocycles. The Morgan fingerprint density at radius 1 is 1.24 bits per heavy atom. The third-order valence-corrected chi connectivity index (χ3v) is 9.04. The van der Waals surface area contributed by atoms with E-state index in [-0.39, 0.29) is 49.1 Å². The molecule has 45 heavy (non-hydrogen) atoms. The number of carbonyl (C=O) groups excluding carboxylic acids is 1. The van der Waals surface area contributed by atoms with Gasteiger partial charge in [0, 0.05) is 48.9 Å². The van der Waals surface area contributed by atoms with Crippen LogP contribution in [0.15, 0.2) is 30.6 Å². The van der Waals surface area contributed by atoms with Gasteiger partial charge in [0.25, 0.3) is 5.91 Å². The van der Waals surface area contributed by atoms with Crippen molar-refractivity contribution in [2.24, 2.45) is 5.41 Å². The monoisotopic (exact) mass is 629 g/mol. The summed E-state index contributed by atoms with van der Waals surface area (Å²) in [7, 11) is 4.03. The molecule has 242 valence electrons. The number of amides is 1. The highest BCUT2D eigenvalue weighted by molar-refractivity contribution is 5.91. The molecule has 0 unspecified atom stereocenters. The summed E-state index contributed by atoms with van der Waals surface area (Å²) in [6.07, 6.45) is -1.98. The standard InChI is InChI=1S/C32H39F4N7O2/c1-20-15-24-26(17-43(20)27-8-6-7-25(21(27)2)32(34,35)36)38-30(45-19-31(10-11-31)18-40(4)5)39-28(24)41-13-14-42(29(44)22(3)33)23(16-41)9-12-37/h6-8,20,23H,3,9-11,13-19H2,1-2,4-5H3/t20-,23-/m0/s1. The van der Waals surface area contributed by atoms with E-state index in [1.807, 2.05) is 30.8 Å². The van der Waals surface area contributed by atoms with Gasteiger partial charge in [0.15, 0.2) is 5.83 Å². The van der Waals surface area contributed by atoms with Crippen LogP contribution in [0.3, 0.4) is 0 Å². The van der Waals surface area contributed by atoms with Crippen LogP contribution in [0.2, 0.25) is 0 Å². The Labute approximate surface area is 261 Å². The number of benzene rings is 1. The number of rotatable bonds is 9. The van der Waals surface area contributed by atoms with E-state index in [2.05, 4.69) is 17.5 Å². The van der Waals surface area contributed by atoms with Crippen LogP contribution in [-0.2, 0) is 23.9 Å². The van der Waals surface area contributed by atoms with Crippen LogP contribution in [-0.4, -0.2) is 84.6 Å². The molecule has 13 heteroatoms. The second-order valence-corrected chi connectivity index (χ2v) is 12.8. The molecule has 1 aromatic heterocycles. The van der Waals surface area contributed by atoms with E-state index in [9.17, 15) is 27.6 Å². The minimum Gasteiger partial charge on any atom is -0.463 e. The van der Waals surface area contributed by atoms with Gasteiger partial charge in [-0.25, -0.2) is 4.39 Å². The second kappa shape index (κ2) is 12.5. The number of carbonyl (C=O) groups is 1. The van der Waals surface area contributed by atoms with E-state index < -0.39 is 29.5 Å². The first-order valence-electron chi connectivity index (χ1n) is 15.1. The van der Waals surface area contributed by atoms with E-state index in [1.165, 1.54) is 17.9 Å². The molecule has 5 rings (SSSR count). The van der Waals surface area contributed by atoms with Crippen molar-refractivity contribution in [3.8, 4) is 12.1 Å². The molecule has 1 aromatic carbocycles. The smallest absolute Gasteiger partial charge is 0.416 e. The van der Waals surface area contributed by atoms with E-state index in [0.717, 1.165) is 31.0 Å². The van der Waals surface area contributed by atoms with Crippen LogP contribution in [0.4, 0.5) is 29.1 Å². The van der Waals surface area contributed by atoms with Crippen LogP contribution in [0.25, 0.3) is 0 Å². The number of nitriles is 1. The highest BCUT2D eigenvalue weighted by Gasteiger charge is 2.44. The fourth-order valence-corrected chi connectivity index (χ4v) is 6.61. The minimum absolute atomic E-state index is 0.00178. The van der Waals surface area contributed by atoms with Gasteiger partial charge in [0.2, 0.25) is 0 Å². The summed E-state index contributed by atoms with van der Waals surface area (Å²) in [4.78, 5) is 29.5. The van der Waals surface area contributed by atoms with Crippen molar-refractivity contribution < 1.29 is 27.1 Å². The van der Waals surface area contributed by atoms with Crippen molar-refractivity contribution >= 4 is 17.4 Å². The number of hydrogen-bond acceptors (Lipinski definition) is 8. The summed E-state index contributed by atoms with van der Waals surface area (Å²) in [5, 5.41) is 9.48. The number of alkyl halides is 3. The predicted molar refractivity (Wildman–Crippen MR) is 161 cm³/mol. The number of nitrogens with zero attached hydrogens (tertiary/aromatic N) is 7. The van der Waals surface area contributed by atoms with Gasteiger partial charge in [0.05, 0.1) is 42.9 Å². The van der Waals surface area contributed by atoms with Crippen molar-refractivity contribution in [1.82, 2.24) is 19.8 Å². The average Bonchev–Trinajstić information content (AvgIpc) is 3.73. The zero-order valence-electron chi connectivity index (χ0n) is 26.1. The summed E-state index contributed by atoms with van der Waals surface area (Å²) < 4.78 is 61.4. The third-order valence-electron chi connectivity index (χ3n) is 9.04. The zero-order valence-corrected chi connectivity index (χ0v) is 26.1. The lowest BCUT2D eigenvalue weighted by atomic mass is 9.95. The van der Waals surface area contributed by atoms with Crippen LogP contribution in [0.1, 0.15) is 48.6 Å². The molecule has 1 saturated heterocycles. The van der Waals surface area contributed by atoms with Crippen molar-refractivity contribution in [1.29, 1.82) is 5.26 Å². The lowest BCUT2D eigenvalue weighted by Crippen LogP contribution is -2.56. The summed E-state index contributed by atoms with van der Waals surface area (Å²) in [6.45, 7) is 8.85. The summed E-state index contributed by atoms with van der Waals surface area (Å²) >= 11 is 0. The fourth-order valence-electron chi connectivity index (χ4n) is 6.61. The first kappa shape index (κ1) is 32.5. The minimum atomic E-state index is -4.48. The maximum Gasteiger partial charge on any atom is 0.416 e. The predicted octanol–water partition coefficient (Wildman–Crippen LogP) is 4.89. The van der Waals surface area contributed by atoms with Crippen molar-refractivity contribution in [3.05, 3.63) is 53.0 Å². The third kappa shape index (κ3) is 6.85. The Hall–Kier alpha value is -3.92. The first-order valence-corrected chi connectivity index (χ1v) is 15.1. The van der Waals surface area contributed by atoms with Gasteiger partial charge in [-0.2, -0.15) is 28.4 Å². The van der Waals surface area contributed by atoms with Crippen molar-refractivity contribution in [2.75, 3.05) is 56.7 Å². The quantitative estimate of drug-likeness (QED) is 0.286. The number of fused-ring (bicyclic) bond motifs is 1. The van der Waals surface area contributed by atoms with Gasteiger partial charge in [-0.15, -0.1) is 0 Å². The van der Waals surface area contributed by atoms with Crippen LogP contribution >= 0.6 is 0 Å². The lowest BCUT2D eigenvalue weighted by Gasteiger charge is -2.43. The zero-order chi connectivity index (χ0) is 32.7. The topological polar surface area (TPSA) is 88.8 Å². The highest BCUT2D eigenvalue weighted by Crippen LogP contribution is 2.46. The van der Waals surface area contributed by atoms with E-state index in [1.54, 1.807) is 6.07 Å². The average molecular weight is 630 g/mol. The van der Waals surface area contributed by atoms with Crippen molar-refractivity contribution in [3.63, 3.8) is 0 Å². The van der Waals surface area contributed by atoms with Gasteiger partial charge in [-0.1, -0.05) is 12.6 Å². The number of halogens is 4. The molecule has 1 amide bonds. The van der Waals surface area contributed by atoms with Crippen LogP contribution < -0.4 is 14.5 Å². The number of aromatic nitrogens is 2. The number of ether oxygens (including phenoxy) is 1. The SMILES string of the molecule is C=C(F)C(=O)N1CCN(c2nc(OCC3(CN(C)C)CC3)nc3c2C[C@H](C)N(c2cccc(C(F)(F)F)c2C)C3)C[C@@H]1CC#N. The molecule has 1 aliphatic carbocycles. The van der Waals surface area contributed by atoms with Gasteiger partial charge in [-0.05, 0) is 64.9 Å². The maximum atomic E-state index is 13.8. The lowest BCUT2D eigenvalue weighted by molar-refractivity contribution is -0.138. The maximum absolute atomic E-state index is 13.8. The number of anilines is 2. The van der Waals surface area contributed by atoms with Gasteiger partial charge in [0.1, 0.15) is 5.82 Å². The molecule has 2 atom stereocenters. The Balaban J connectivity index is 1.51. The summed E-state index contributed by atoms with van der Waals surface area (Å²) in [5.41, 5.74) is 1.47. The molecule has 0 bridgehead atoms. The van der Waals surface area contributed by atoms with Crippen LogP contribution in [0.5, 0.6) is 6.01 Å². The molecule has 1 saturated carbocycles. The summed E-state index contributed by atoms with van der Waals surface area (Å²) in [6, 6.07) is 5.72. The highest BCUT2D eigenvalue weighted by atomic mass is 19.4. The van der Waals surface area contributed by atoms with Gasteiger partial charge in [-0.3, -0.25) is 4.79 Å². The summed E-state index contributed by atoms with van der Waals surface area (Å²) in [5.74, 6) is -1.30. The Morgan fingerprint density at radius 3 is 2.60 bits per heavy atom. The molecule has 0 radical (unpaired) electrons. The molecular formula is C32H39F4N7O2. The number of piperazine rings is 1. The molecule has 2 aliphatic heterocycles. The Morgan fingerprint density at radius 2 is 1.98 bits per heavy atom. The molecule has 9 nitrogen and oxygen atoms in total. The molecule has 0 spiro atoms. The van der Waals surface area contributed by atoms with E-state index >= 15 is 0 Å². The second-order valence-electron chi connectivity index (χ2n) is 12.8. The molecule has 2 fully saturated rings. The largest absolute Gasteiger partial charge is 0.463 e. The molecular weight excluding hydrogens is 590 g/mol. The first-order chi connectivity index (χ1) is 21.2. The Bertz CT molecular complexity index is 1500.